The van der Waals surface area contributed by atoms with Crippen LogP contribution in [0.2, 0.25) is 0 Å². The average molecular weight is 425 g/mol. The monoisotopic (exact) mass is 424 g/mol. The molecule has 0 unspecified atom stereocenters. The maximum absolute atomic E-state index is 12.8. The van der Waals surface area contributed by atoms with Gasteiger partial charge in [-0.15, -0.1) is 10.2 Å². The van der Waals surface area contributed by atoms with Crippen LogP contribution in [0.4, 0.5) is 5.82 Å². The molecular weight excluding hydrogens is 396 g/mol. The molecule has 1 aromatic carbocycles. The number of hydrogen-bond donors (Lipinski definition) is 1. The van der Waals surface area contributed by atoms with Gasteiger partial charge in [-0.25, -0.2) is 4.68 Å². The Labute approximate surface area is 181 Å². The molecule has 0 saturated heterocycles. The lowest BCUT2D eigenvalue weighted by atomic mass is 9.92. The third-order valence-electron chi connectivity index (χ3n) is 5.08. The molecule has 30 heavy (non-hydrogen) atoms. The van der Waals surface area contributed by atoms with Gasteiger partial charge in [0.25, 0.3) is 0 Å². The molecule has 0 aliphatic heterocycles. The molecule has 1 N–H and O–H groups in total. The zero-order chi connectivity index (χ0) is 21.3. The second kappa shape index (κ2) is 8.26. The molecule has 1 saturated carbocycles. The predicted molar refractivity (Wildman–Crippen MR) is 119 cm³/mol. The summed E-state index contributed by atoms with van der Waals surface area (Å²) in [7, 11) is 0. The Kier molecular flexibility index (Phi) is 5.69. The molecule has 0 atom stereocenters. The van der Waals surface area contributed by atoms with E-state index in [-0.39, 0.29) is 17.1 Å². The minimum absolute atomic E-state index is 0.0869. The van der Waals surface area contributed by atoms with Crippen molar-refractivity contribution >= 4 is 23.5 Å². The molecular formula is C22H28N6OS. The maximum atomic E-state index is 12.8. The first-order valence-electron chi connectivity index (χ1n) is 10.4. The van der Waals surface area contributed by atoms with Crippen molar-refractivity contribution in [3.63, 3.8) is 0 Å². The van der Waals surface area contributed by atoms with E-state index in [9.17, 15) is 4.79 Å². The van der Waals surface area contributed by atoms with Gasteiger partial charge in [-0.1, -0.05) is 50.7 Å². The highest BCUT2D eigenvalue weighted by molar-refractivity contribution is 7.99. The van der Waals surface area contributed by atoms with Crippen molar-refractivity contribution in [2.75, 3.05) is 11.1 Å². The van der Waals surface area contributed by atoms with Crippen LogP contribution < -0.4 is 5.32 Å². The fourth-order valence-corrected chi connectivity index (χ4v) is 4.07. The van der Waals surface area contributed by atoms with E-state index in [0.29, 0.717) is 11.7 Å². The van der Waals surface area contributed by atoms with Crippen LogP contribution in [0.25, 0.3) is 5.69 Å². The van der Waals surface area contributed by atoms with Crippen molar-refractivity contribution in [2.24, 2.45) is 0 Å². The number of hydrogen-bond acceptors (Lipinski definition) is 5. The highest BCUT2D eigenvalue weighted by Crippen LogP contribution is 2.40. The first-order chi connectivity index (χ1) is 14.4. The van der Waals surface area contributed by atoms with E-state index in [1.54, 1.807) is 4.68 Å². The normalized spacial score (nSPS) is 14.1. The molecule has 158 valence electrons. The number of amides is 1. The van der Waals surface area contributed by atoms with Crippen LogP contribution in [0.15, 0.2) is 41.6 Å². The zero-order valence-electron chi connectivity index (χ0n) is 17.9. The quantitative estimate of drug-likeness (QED) is 0.569. The van der Waals surface area contributed by atoms with Crippen molar-refractivity contribution in [2.45, 2.75) is 63.6 Å². The van der Waals surface area contributed by atoms with E-state index >= 15 is 0 Å². The van der Waals surface area contributed by atoms with E-state index in [1.165, 1.54) is 24.6 Å². The van der Waals surface area contributed by atoms with Crippen LogP contribution >= 0.6 is 11.8 Å². The number of anilines is 1. The summed E-state index contributed by atoms with van der Waals surface area (Å²) in [5.74, 6) is 2.45. The molecule has 1 aliphatic rings. The lowest BCUT2D eigenvalue weighted by Crippen LogP contribution is -2.17. The van der Waals surface area contributed by atoms with E-state index in [0.717, 1.165) is 28.9 Å². The SMILES string of the molecule is CCn1c(SCC(=O)Nc2cc(C(C)(C)C)nn2-c2ccccc2)nnc1C1CC1. The molecule has 0 spiro atoms. The average Bonchev–Trinajstić information content (AvgIpc) is 3.33. The molecule has 1 amide bonds. The van der Waals surface area contributed by atoms with Gasteiger partial charge in [0.1, 0.15) is 11.6 Å². The van der Waals surface area contributed by atoms with Crippen molar-refractivity contribution in [3.05, 3.63) is 47.9 Å². The van der Waals surface area contributed by atoms with E-state index in [1.807, 2.05) is 36.4 Å². The van der Waals surface area contributed by atoms with E-state index < -0.39 is 0 Å². The second-order valence-corrected chi connectivity index (χ2v) is 9.55. The van der Waals surface area contributed by atoms with Gasteiger partial charge in [0.05, 0.1) is 17.1 Å². The summed E-state index contributed by atoms with van der Waals surface area (Å²) in [5, 5.41) is 17.2. The fourth-order valence-electron chi connectivity index (χ4n) is 3.26. The molecule has 3 aromatic rings. The second-order valence-electron chi connectivity index (χ2n) is 8.61. The number of carbonyl (C=O) groups excluding carboxylic acids is 1. The summed E-state index contributed by atoms with van der Waals surface area (Å²) in [6.45, 7) is 9.24. The number of rotatable bonds is 7. The van der Waals surface area contributed by atoms with Crippen LogP contribution in [-0.2, 0) is 16.8 Å². The Balaban J connectivity index is 1.50. The molecule has 1 aliphatic carbocycles. The fraction of sp³-hybridized carbons (Fsp3) is 0.455. The van der Waals surface area contributed by atoms with Crippen molar-refractivity contribution < 1.29 is 4.79 Å². The molecule has 7 nitrogen and oxygen atoms in total. The summed E-state index contributed by atoms with van der Waals surface area (Å²) in [5.41, 5.74) is 1.72. The van der Waals surface area contributed by atoms with Gasteiger partial charge < -0.3 is 9.88 Å². The van der Waals surface area contributed by atoms with Gasteiger partial charge in [0.15, 0.2) is 5.16 Å². The van der Waals surface area contributed by atoms with Crippen molar-refractivity contribution in [1.29, 1.82) is 0 Å². The van der Waals surface area contributed by atoms with Crippen LogP contribution in [0.3, 0.4) is 0 Å². The predicted octanol–water partition coefficient (Wildman–Crippen LogP) is 4.39. The topological polar surface area (TPSA) is 77.6 Å². The van der Waals surface area contributed by atoms with Crippen LogP contribution in [0.5, 0.6) is 0 Å². The van der Waals surface area contributed by atoms with Gasteiger partial charge in [-0.2, -0.15) is 5.10 Å². The van der Waals surface area contributed by atoms with Gasteiger partial charge in [-0.3, -0.25) is 4.79 Å². The van der Waals surface area contributed by atoms with Crippen LogP contribution in [0, 0.1) is 0 Å². The summed E-state index contributed by atoms with van der Waals surface area (Å²) < 4.78 is 3.92. The lowest BCUT2D eigenvalue weighted by Gasteiger charge is -2.14. The molecule has 2 aromatic heterocycles. The number of nitrogens with one attached hydrogen (secondary N) is 1. The zero-order valence-corrected chi connectivity index (χ0v) is 18.7. The third kappa shape index (κ3) is 4.43. The smallest absolute Gasteiger partial charge is 0.236 e. The first-order valence-corrected chi connectivity index (χ1v) is 11.4. The largest absolute Gasteiger partial charge is 0.310 e. The highest BCUT2D eigenvalue weighted by atomic mass is 32.2. The molecule has 2 heterocycles. The van der Waals surface area contributed by atoms with E-state index in [4.69, 9.17) is 5.10 Å². The minimum Gasteiger partial charge on any atom is -0.310 e. The summed E-state index contributed by atoms with van der Waals surface area (Å²) in [4.78, 5) is 12.8. The van der Waals surface area contributed by atoms with Gasteiger partial charge in [-0.05, 0) is 31.9 Å². The minimum atomic E-state index is -0.120. The lowest BCUT2D eigenvalue weighted by molar-refractivity contribution is -0.113. The molecule has 8 heteroatoms. The number of aromatic nitrogens is 5. The van der Waals surface area contributed by atoms with Crippen molar-refractivity contribution in [1.82, 2.24) is 24.5 Å². The first kappa shape index (κ1) is 20.7. The van der Waals surface area contributed by atoms with Crippen LogP contribution in [0.1, 0.15) is 58.0 Å². The summed E-state index contributed by atoms with van der Waals surface area (Å²) in [6.07, 6.45) is 2.37. The van der Waals surface area contributed by atoms with Gasteiger partial charge in [0, 0.05) is 23.9 Å². The van der Waals surface area contributed by atoms with Crippen LogP contribution in [-0.4, -0.2) is 36.2 Å². The van der Waals surface area contributed by atoms with Gasteiger partial charge in [0.2, 0.25) is 5.91 Å². The van der Waals surface area contributed by atoms with Gasteiger partial charge >= 0.3 is 0 Å². The van der Waals surface area contributed by atoms with E-state index in [2.05, 4.69) is 47.8 Å². The summed E-state index contributed by atoms with van der Waals surface area (Å²) in [6, 6.07) is 11.8. The third-order valence-corrected chi connectivity index (χ3v) is 6.05. The molecule has 4 rings (SSSR count). The number of carbonyl (C=O) groups is 1. The Morgan fingerprint density at radius 1 is 1.20 bits per heavy atom. The number of para-hydroxylation sites is 1. The van der Waals surface area contributed by atoms with Crippen molar-refractivity contribution in [3.8, 4) is 5.69 Å². The molecule has 0 bridgehead atoms. The Morgan fingerprint density at radius 3 is 2.57 bits per heavy atom. The molecule has 0 radical (unpaired) electrons. The number of benzene rings is 1. The number of nitrogens with zero attached hydrogens (tertiary/aromatic N) is 5. The molecule has 1 fully saturated rings. The Bertz CT molecular complexity index is 1030. The highest BCUT2D eigenvalue weighted by Gasteiger charge is 2.30. The number of thioether (sulfide) groups is 1. The summed E-state index contributed by atoms with van der Waals surface area (Å²) >= 11 is 1.43. The maximum Gasteiger partial charge on any atom is 0.236 e. The Hall–Kier alpha value is -2.61. The Morgan fingerprint density at radius 2 is 1.93 bits per heavy atom. The standard InChI is InChI=1S/C22H28N6OS/c1-5-27-20(15-11-12-15)24-25-21(27)30-14-19(29)23-18-13-17(22(2,3)4)26-28(18)16-9-7-6-8-10-16/h6-10,13,15H,5,11-12,14H2,1-4H3,(H,23,29).